The molecule has 2 nitrogen and oxygen atoms in total. The van der Waals surface area contributed by atoms with Gasteiger partial charge < -0.3 is 4.57 Å². The molecule has 3 heteroatoms. The summed E-state index contributed by atoms with van der Waals surface area (Å²) in [5.74, 6) is 1.41. The van der Waals surface area contributed by atoms with E-state index in [0.29, 0.717) is 6.42 Å². The van der Waals surface area contributed by atoms with Crippen LogP contribution >= 0.6 is 11.8 Å². The fraction of sp³-hybridized carbons (Fsp3) is 0.545. The molecule has 14 heavy (non-hydrogen) atoms. The lowest BCUT2D eigenvalue weighted by atomic mass is 10.2. The van der Waals surface area contributed by atoms with Gasteiger partial charge in [-0.2, -0.15) is 11.8 Å². The van der Waals surface area contributed by atoms with Crippen LogP contribution in [-0.2, 0) is 6.54 Å². The van der Waals surface area contributed by atoms with E-state index >= 15 is 0 Å². The number of thioether (sulfide) groups is 1. The molecule has 0 bridgehead atoms. The highest BCUT2D eigenvalue weighted by molar-refractivity contribution is 7.98. The zero-order valence-electron chi connectivity index (χ0n) is 8.82. The van der Waals surface area contributed by atoms with Gasteiger partial charge in [0.25, 0.3) is 0 Å². The van der Waals surface area contributed by atoms with Crippen molar-refractivity contribution in [2.24, 2.45) is 0 Å². The van der Waals surface area contributed by atoms with Gasteiger partial charge in [0.05, 0.1) is 0 Å². The molecule has 0 fully saturated rings. The molecule has 0 spiro atoms. The van der Waals surface area contributed by atoms with Crippen molar-refractivity contribution in [3.8, 4) is 0 Å². The molecule has 1 heterocycles. The van der Waals surface area contributed by atoms with Gasteiger partial charge in [-0.25, -0.2) is 0 Å². The minimum absolute atomic E-state index is 0.230. The van der Waals surface area contributed by atoms with E-state index in [1.807, 2.05) is 37.1 Å². The Balaban J connectivity index is 2.46. The summed E-state index contributed by atoms with van der Waals surface area (Å²) in [5.41, 5.74) is 0.844. The minimum Gasteiger partial charge on any atom is -0.353 e. The molecule has 0 atom stereocenters. The monoisotopic (exact) mass is 211 g/mol. The first-order chi connectivity index (χ1) is 6.77. The van der Waals surface area contributed by atoms with E-state index in [2.05, 4.69) is 10.8 Å². The minimum atomic E-state index is 0.230. The fourth-order valence-corrected chi connectivity index (χ4v) is 1.76. The summed E-state index contributed by atoms with van der Waals surface area (Å²) in [7, 11) is 0. The Bertz CT molecular complexity index is 293. The van der Waals surface area contributed by atoms with Gasteiger partial charge >= 0.3 is 0 Å². The normalized spacial score (nSPS) is 10.4. The molecule has 0 aliphatic heterocycles. The van der Waals surface area contributed by atoms with Crippen LogP contribution in [0.1, 0.15) is 30.1 Å². The molecule has 0 radical (unpaired) electrons. The predicted octanol–water partition coefficient (Wildman–Crippen LogP) is 2.83. The predicted molar refractivity (Wildman–Crippen MR) is 62.1 cm³/mol. The van der Waals surface area contributed by atoms with Gasteiger partial charge in [0.1, 0.15) is 0 Å². The Morgan fingerprint density at radius 3 is 3.00 bits per heavy atom. The number of aromatic nitrogens is 1. The van der Waals surface area contributed by atoms with Crippen LogP contribution in [0.25, 0.3) is 0 Å². The maximum atomic E-state index is 11.3. The Morgan fingerprint density at radius 2 is 2.36 bits per heavy atom. The summed E-state index contributed by atoms with van der Waals surface area (Å²) in [6.45, 7) is 2.91. The molecular formula is C11H17NOS. The van der Waals surface area contributed by atoms with E-state index in [1.54, 1.807) is 0 Å². The van der Waals surface area contributed by atoms with Gasteiger partial charge in [-0.1, -0.05) is 6.92 Å². The molecule has 0 saturated carbocycles. The van der Waals surface area contributed by atoms with E-state index < -0.39 is 0 Å². The first-order valence-electron chi connectivity index (χ1n) is 4.96. The van der Waals surface area contributed by atoms with Crippen molar-refractivity contribution in [1.82, 2.24) is 4.57 Å². The van der Waals surface area contributed by atoms with Crippen LogP contribution in [0.5, 0.6) is 0 Å². The van der Waals surface area contributed by atoms with Crippen molar-refractivity contribution in [3.63, 3.8) is 0 Å². The Morgan fingerprint density at radius 1 is 1.57 bits per heavy atom. The lowest BCUT2D eigenvalue weighted by Gasteiger charge is -2.00. The number of rotatable bonds is 6. The van der Waals surface area contributed by atoms with Gasteiger partial charge in [0.2, 0.25) is 0 Å². The third-order valence-corrected chi connectivity index (χ3v) is 2.86. The van der Waals surface area contributed by atoms with Crippen LogP contribution in [0.4, 0.5) is 0 Å². The van der Waals surface area contributed by atoms with E-state index in [1.165, 1.54) is 5.75 Å². The summed E-state index contributed by atoms with van der Waals surface area (Å²) in [6.07, 6.45) is 7.81. The summed E-state index contributed by atoms with van der Waals surface area (Å²) < 4.78 is 2.10. The summed E-state index contributed by atoms with van der Waals surface area (Å²) in [4.78, 5) is 11.3. The van der Waals surface area contributed by atoms with E-state index in [0.717, 1.165) is 18.5 Å². The van der Waals surface area contributed by atoms with Gasteiger partial charge in [-0.15, -0.1) is 0 Å². The van der Waals surface area contributed by atoms with Crippen LogP contribution in [0.3, 0.4) is 0 Å². The number of hydrogen-bond donors (Lipinski definition) is 0. The Labute approximate surface area is 89.7 Å². The standard InChI is InChI=1S/C11H17NOS/c1-3-11(13)10-5-7-12(9-10)6-4-8-14-2/h5,7,9H,3-4,6,8H2,1-2H3. The van der Waals surface area contributed by atoms with Crippen LogP contribution in [-0.4, -0.2) is 22.4 Å². The summed E-state index contributed by atoms with van der Waals surface area (Å²) in [5, 5.41) is 0. The van der Waals surface area contributed by atoms with E-state index in [9.17, 15) is 4.79 Å². The SMILES string of the molecule is CCC(=O)c1ccn(CCCSC)c1. The van der Waals surface area contributed by atoms with Crippen molar-refractivity contribution in [2.45, 2.75) is 26.3 Å². The average molecular weight is 211 g/mol. The molecule has 0 aliphatic carbocycles. The van der Waals surface area contributed by atoms with Crippen molar-refractivity contribution in [1.29, 1.82) is 0 Å². The van der Waals surface area contributed by atoms with Crippen molar-refractivity contribution in [3.05, 3.63) is 24.0 Å². The fourth-order valence-electron chi connectivity index (χ4n) is 1.34. The summed E-state index contributed by atoms with van der Waals surface area (Å²) >= 11 is 1.86. The van der Waals surface area contributed by atoms with Crippen LogP contribution in [0.15, 0.2) is 18.5 Å². The smallest absolute Gasteiger partial charge is 0.164 e. The second-order valence-corrected chi connectivity index (χ2v) is 4.25. The van der Waals surface area contributed by atoms with E-state index in [-0.39, 0.29) is 5.78 Å². The maximum absolute atomic E-state index is 11.3. The zero-order chi connectivity index (χ0) is 10.4. The molecule has 1 aromatic rings. The second kappa shape index (κ2) is 5.91. The quantitative estimate of drug-likeness (QED) is 0.533. The Kier molecular flexibility index (Phi) is 4.80. The van der Waals surface area contributed by atoms with E-state index in [4.69, 9.17) is 0 Å². The molecule has 0 saturated heterocycles. The maximum Gasteiger partial charge on any atom is 0.164 e. The largest absolute Gasteiger partial charge is 0.353 e. The van der Waals surface area contributed by atoms with Gasteiger partial charge in [-0.3, -0.25) is 4.79 Å². The number of hydrogen-bond acceptors (Lipinski definition) is 2. The topological polar surface area (TPSA) is 22.0 Å². The average Bonchev–Trinajstić information content (AvgIpc) is 2.66. The lowest BCUT2D eigenvalue weighted by molar-refractivity contribution is 0.0988. The molecular weight excluding hydrogens is 194 g/mol. The van der Waals surface area contributed by atoms with Crippen molar-refractivity contribution in [2.75, 3.05) is 12.0 Å². The molecule has 0 aromatic carbocycles. The first-order valence-corrected chi connectivity index (χ1v) is 6.35. The molecule has 0 aliphatic rings. The molecule has 0 amide bonds. The molecule has 0 unspecified atom stereocenters. The molecule has 1 rings (SSSR count). The second-order valence-electron chi connectivity index (χ2n) is 3.26. The van der Waals surface area contributed by atoms with Crippen molar-refractivity contribution >= 4 is 17.5 Å². The third-order valence-electron chi connectivity index (χ3n) is 2.16. The number of carbonyl (C=O) groups excluding carboxylic acids is 1. The van der Waals surface area contributed by atoms with Crippen molar-refractivity contribution < 1.29 is 4.79 Å². The van der Waals surface area contributed by atoms with Gasteiger partial charge in [0, 0.05) is 30.9 Å². The number of carbonyl (C=O) groups is 1. The highest BCUT2D eigenvalue weighted by atomic mass is 32.2. The molecule has 0 N–H and O–H groups in total. The molecule has 78 valence electrons. The first kappa shape index (κ1) is 11.4. The van der Waals surface area contributed by atoms with Gasteiger partial charge in [0.15, 0.2) is 5.78 Å². The number of Topliss-reactive ketones (excluding diaryl/α,β-unsaturated/α-hetero) is 1. The lowest BCUT2D eigenvalue weighted by Crippen LogP contribution is -1.97. The third kappa shape index (κ3) is 3.22. The van der Waals surface area contributed by atoms with Crippen LogP contribution in [0.2, 0.25) is 0 Å². The number of nitrogens with zero attached hydrogens (tertiary/aromatic N) is 1. The zero-order valence-corrected chi connectivity index (χ0v) is 9.64. The number of ketones is 1. The highest BCUT2D eigenvalue weighted by Gasteiger charge is 2.03. The summed E-state index contributed by atoms with van der Waals surface area (Å²) in [6, 6.07) is 1.91. The van der Waals surface area contributed by atoms with Crippen LogP contribution < -0.4 is 0 Å². The number of aryl methyl sites for hydroxylation is 1. The molecule has 1 aromatic heterocycles. The Hall–Kier alpha value is -0.700. The highest BCUT2D eigenvalue weighted by Crippen LogP contribution is 2.06. The van der Waals surface area contributed by atoms with Crippen LogP contribution in [0, 0.1) is 0 Å². The van der Waals surface area contributed by atoms with Gasteiger partial charge in [-0.05, 0) is 24.5 Å².